The van der Waals surface area contributed by atoms with Gasteiger partial charge in [-0.25, -0.2) is 8.42 Å². The minimum absolute atomic E-state index is 0.217. The summed E-state index contributed by atoms with van der Waals surface area (Å²) < 4.78 is 28.3. The van der Waals surface area contributed by atoms with Gasteiger partial charge in [-0.1, -0.05) is 6.07 Å². The molecule has 0 aliphatic rings. The van der Waals surface area contributed by atoms with Crippen LogP contribution in [-0.2, 0) is 10.0 Å². The Labute approximate surface area is 143 Å². The zero-order chi connectivity index (χ0) is 18.1. The Hall–Kier alpha value is -2.34. The molecule has 2 aromatic carbocycles. The Morgan fingerprint density at radius 3 is 1.88 bits per heavy atom. The number of anilines is 1. The Balaban J connectivity index is 2.41. The van der Waals surface area contributed by atoms with Gasteiger partial charge >= 0.3 is 0 Å². The van der Waals surface area contributed by atoms with Gasteiger partial charge in [-0.15, -0.1) is 0 Å². The van der Waals surface area contributed by atoms with Gasteiger partial charge < -0.3 is 5.32 Å². The monoisotopic (exact) mass is 346 g/mol. The molecule has 0 saturated carbocycles. The van der Waals surface area contributed by atoms with Crippen LogP contribution in [0, 0.1) is 27.7 Å². The quantitative estimate of drug-likeness (QED) is 0.893. The fraction of sp³-hybridized carbons (Fsp3) is 0.278. The van der Waals surface area contributed by atoms with Crippen molar-refractivity contribution in [3.05, 3.63) is 58.1 Å². The molecule has 128 valence electrons. The summed E-state index contributed by atoms with van der Waals surface area (Å²) in [6.45, 7) is 7.42. The van der Waals surface area contributed by atoms with E-state index in [2.05, 4.69) is 10.0 Å². The molecule has 5 nitrogen and oxygen atoms in total. The van der Waals surface area contributed by atoms with Crippen LogP contribution in [0.3, 0.4) is 0 Å². The van der Waals surface area contributed by atoms with Crippen LogP contribution in [0.2, 0.25) is 0 Å². The summed E-state index contributed by atoms with van der Waals surface area (Å²) in [5, 5.41) is 2.52. The van der Waals surface area contributed by atoms with Crippen molar-refractivity contribution in [2.75, 3.05) is 11.8 Å². The zero-order valence-corrected chi connectivity index (χ0v) is 15.3. The predicted octanol–water partition coefficient (Wildman–Crippen LogP) is 3.08. The van der Waals surface area contributed by atoms with Crippen molar-refractivity contribution >= 4 is 21.6 Å². The van der Waals surface area contributed by atoms with Crippen LogP contribution in [-0.4, -0.2) is 21.4 Å². The van der Waals surface area contributed by atoms with Gasteiger partial charge in [0, 0.05) is 18.3 Å². The number of aryl methyl sites for hydroxylation is 2. The summed E-state index contributed by atoms with van der Waals surface area (Å²) in [6, 6.07) is 8.31. The Bertz CT molecular complexity index is 859. The first kappa shape index (κ1) is 18.0. The van der Waals surface area contributed by atoms with E-state index in [9.17, 15) is 13.2 Å². The van der Waals surface area contributed by atoms with Crippen LogP contribution < -0.4 is 10.0 Å². The third kappa shape index (κ3) is 3.43. The van der Waals surface area contributed by atoms with Crippen LogP contribution in [0.5, 0.6) is 0 Å². The number of nitrogens with one attached hydrogen (secondary N) is 2. The lowest BCUT2D eigenvalue weighted by Gasteiger charge is -2.16. The molecule has 2 N–H and O–H groups in total. The summed E-state index contributed by atoms with van der Waals surface area (Å²) >= 11 is 0. The third-order valence-corrected chi connectivity index (χ3v) is 5.85. The van der Waals surface area contributed by atoms with E-state index in [0.717, 1.165) is 22.3 Å². The molecule has 0 bridgehead atoms. The molecule has 0 spiro atoms. The van der Waals surface area contributed by atoms with E-state index < -0.39 is 10.0 Å². The average molecular weight is 346 g/mol. The molecule has 0 heterocycles. The van der Waals surface area contributed by atoms with E-state index in [1.165, 1.54) is 0 Å². The minimum atomic E-state index is -3.71. The van der Waals surface area contributed by atoms with Crippen molar-refractivity contribution in [1.82, 2.24) is 5.32 Å². The van der Waals surface area contributed by atoms with Gasteiger partial charge in [0.1, 0.15) is 0 Å². The number of carbonyl (C=O) groups is 1. The first-order valence-electron chi connectivity index (χ1n) is 7.59. The van der Waals surface area contributed by atoms with Crippen molar-refractivity contribution in [2.45, 2.75) is 32.6 Å². The van der Waals surface area contributed by atoms with Crippen molar-refractivity contribution in [2.24, 2.45) is 0 Å². The lowest BCUT2D eigenvalue weighted by Crippen LogP contribution is -2.18. The molecule has 0 radical (unpaired) electrons. The van der Waals surface area contributed by atoms with Gasteiger partial charge in [0.15, 0.2) is 0 Å². The minimum Gasteiger partial charge on any atom is -0.355 e. The third-order valence-electron chi connectivity index (χ3n) is 4.19. The average Bonchev–Trinajstić information content (AvgIpc) is 2.52. The van der Waals surface area contributed by atoms with Crippen LogP contribution in [0.25, 0.3) is 0 Å². The highest BCUT2D eigenvalue weighted by molar-refractivity contribution is 7.92. The maximum Gasteiger partial charge on any atom is 0.262 e. The maximum absolute atomic E-state index is 12.8. The van der Waals surface area contributed by atoms with Gasteiger partial charge in [0.25, 0.3) is 15.9 Å². The summed E-state index contributed by atoms with van der Waals surface area (Å²) in [7, 11) is -2.16. The summed E-state index contributed by atoms with van der Waals surface area (Å²) in [5.41, 5.74) is 4.25. The fourth-order valence-corrected chi connectivity index (χ4v) is 4.30. The fourth-order valence-electron chi connectivity index (χ4n) is 2.62. The van der Waals surface area contributed by atoms with E-state index in [-0.39, 0.29) is 5.91 Å². The number of benzene rings is 2. The highest BCUT2D eigenvalue weighted by Crippen LogP contribution is 2.27. The number of sulfonamides is 1. The standard InChI is InChI=1S/C18H22N2O3S/c1-11-10-12(2)14(4)17(13(11)3)24(22,23)20-16-8-6-15(7-9-16)18(21)19-5/h6-10,20H,1-5H3,(H,19,21). The molecule has 0 saturated heterocycles. The second-order valence-electron chi connectivity index (χ2n) is 5.85. The molecule has 6 heteroatoms. The van der Waals surface area contributed by atoms with E-state index in [4.69, 9.17) is 0 Å². The molecule has 0 atom stereocenters. The first-order chi connectivity index (χ1) is 11.2. The highest BCUT2D eigenvalue weighted by Gasteiger charge is 2.22. The number of amides is 1. The molecular formula is C18H22N2O3S. The maximum atomic E-state index is 12.8. The topological polar surface area (TPSA) is 75.3 Å². The van der Waals surface area contributed by atoms with E-state index in [1.807, 2.05) is 33.8 Å². The molecule has 0 aliphatic heterocycles. The van der Waals surface area contributed by atoms with Gasteiger partial charge in [-0.2, -0.15) is 0 Å². The number of carbonyl (C=O) groups excluding carboxylic acids is 1. The first-order valence-corrected chi connectivity index (χ1v) is 9.08. The zero-order valence-electron chi connectivity index (χ0n) is 14.5. The van der Waals surface area contributed by atoms with Crippen molar-refractivity contribution in [1.29, 1.82) is 0 Å². The van der Waals surface area contributed by atoms with Crippen molar-refractivity contribution in [3.8, 4) is 0 Å². The van der Waals surface area contributed by atoms with Crippen LogP contribution in [0.4, 0.5) is 5.69 Å². The van der Waals surface area contributed by atoms with Gasteiger partial charge in [0.05, 0.1) is 4.90 Å². The number of hydrogen-bond acceptors (Lipinski definition) is 3. The molecule has 24 heavy (non-hydrogen) atoms. The van der Waals surface area contributed by atoms with Crippen LogP contribution in [0.1, 0.15) is 32.6 Å². The van der Waals surface area contributed by atoms with Crippen molar-refractivity contribution < 1.29 is 13.2 Å². The largest absolute Gasteiger partial charge is 0.355 e. The Kier molecular flexibility index (Phi) is 4.99. The second-order valence-corrected chi connectivity index (χ2v) is 7.47. The highest BCUT2D eigenvalue weighted by atomic mass is 32.2. The Morgan fingerprint density at radius 2 is 1.42 bits per heavy atom. The molecule has 0 aliphatic carbocycles. The molecule has 0 unspecified atom stereocenters. The smallest absolute Gasteiger partial charge is 0.262 e. The summed E-state index contributed by atoms with van der Waals surface area (Å²) in [5.74, 6) is -0.217. The molecule has 1 amide bonds. The summed E-state index contributed by atoms with van der Waals surface area (Å²) in [6.07, 6.45) is 0. The number of hydrogen-bond donors (Lipinski definition) is 2. The molecule has 0 fully saturated rings. The lowest BCUT2D eigenvalue weighted by molar-refractivity contribution is 0.0963. The second kappa shape index (κ2) is 6.65. The molecular weight excluding hydrogens is 324 g/mol. The SMILES string of the molecule is CNC(=O)c1ccc(NS(=O)(=O)c2c(C)c(C)cc(C)c2C)cc1. The van der Waals surface area contributed by atoms with Crippen LogP contribution in [0.15, 0.2) is 35.2 Å². The molecule has 2 aromatic rings. The predicted molar refractivity (Wildman–Crippen MR) is 96.0 cm³/mol. The van der Waals surface area contributed by atoms with Gasteiger partial charge in [-0.05, 0) is 74.2 Å². The molecule has 0 aromatic heterocycles. The van der Waals surface area contributed by atoms with Gasteiger partial charge in [0.2, 0.25) is 0 Å². The van der Waals surface area contributed by atoms with E-state index in [0.29, 0.717) is 16.1 Å². The lowest BCUT2D eigenvalue weighted by atomic mass is 10.0. The van der Waals surface area contributed by atoms with E-state index >= 15 is 0 Å². The Morgan fingerprint density at radius 1 is 0.917 bits per heavy atom. The summed E-state index contributed by atoms with van der Waals surface area (Å²) in [4.78, 5) is 11.9. The normalized spacial score (nSPS) is 11.2. The van der Waals surface area contributed by atoms with E-state index in [1.54, 1.807) is 31.3 Å². The van der Waals surface area contributed by atoms with Gasteiger partial charge in [-0.3, -0.25) is 9.52 Å². The molecule has 2 rings (SSSR count). The van der Waals surface area contributed by atoms with Crippen molar-refractivity contribution in [3.63, 3.8) is 0 Å². The number of rotatable bonds is 4. The van der Waals surface area contributed by atoms with Crippen LogP contribution >= 0.6 is 0 Å².